The molecule has 0 atom stereocenters. The maximum atomic E-state index is 12.3. The summed E-state index contributed by atoms with van der Waals surface area (Å²) in [5, 5.41) is 11.6. The second-order valence-corrected chi connectivity index (χ2v) is 6.42. The quantitative estimate of drug-likeness (QED) is 0.614. The first kappa shape index (κ1) is 18.2. The number of nitrogens with zero attached hydrogens (tertiary/aromatic N) is 1. The van der Waals surface area contributed by atoms with Crippen LogP contribution in [0.3, 0.4) is 0 Å². The van der Waals surface area contributed by atoms with Crippen molar-refractivity contribution in [3.63, 3.8) is 0 Å². The number of hydrogen-bond donors (Lipinski definition) is 4. The van der Waals surface area contributed by atoms with Crippen LogP contribution in [-0.2, 0) is 4.79 Å². The van der Waals surface area contributed by atoms with Crippen molar-refractivity contribution in [3.8, 4) is 0 Å². The zero-order chi connectivity index (χ0) is 17.4. The van der Waals surface area contributed by atoms with E-state index in [2.05, 4.69) is 26.2 Å². The molecular formula is C17H27N5O2. The predicted molar refractivity (Wildman–Crippen MR) is 95.0 cm³/mol. The van der Waals surface area contributed by atoms with Crippen molar-refractivity contribution in [2.75, 3.05) is 44.6 Å². The molecule has 0 unspecified atom stereocenters. The zero-order valence-corrected chi connectivity index (χ0v) is 14.4. The SMILES string of the molecule is CC(C)(NC(=O)Nc1ccccc1)C(=O)NCCN1CCNCC1. The van der Waals surface area contributed by atoms with Crippen molar-refractivity contribution in [1.29, 1.82) is 0 Å². The molecule has 1 heterocycles. The molecule has 4 N–H and O–H groups in total. The predicted octanol–water partition coefficient (Wildman–Crippen LogP) is 0.608. The van der Waals surface area contributed by atoms with Crippen LogP contribution in [0.5, 0.6) is 0 Å². The normalized spacial score (nSPS) is 15.6. The summed E-state index contributed by atoms with van der Waals surface area (Å²) >= 11 is 0. The Bertz CT molecular complexity index is 541. The molecule has 0 aliphatic carbocycles. The van der Waals surface area contributed by atoms with E-state index < -0.39 is 11.6 Å². The Labute approximate surface area is 143 Å². The fourth-order valence-corrected chi connectivity index (χ4v) is 2.51. The van der Waals surface area contributed by atoms with Crippen molar-refractivity contribution in [3.05, 3.63) is 30.3 Å². The van der Waals surface area contributed by atoms with E-state index in [1.54, 1.807) is 26.0 Å². The first-order valence-corrected chi connectivity index (χ1v) is 8.33. The minimum atomic E-state index is -0.984. The van der Waals surface area contributed by atoms with E-state index in [9.17, 15) is 9.59 Å². The largest absolute Gasteiger partial charge is 0.353 e. The minimum Gasteiger partial charge on any atom is -0.353 e. The number of benzene rings is 1. The molecule has 1 aliphatic rings. The lowest BCUT2D eigenvalue weighted by Gasteiger charge is -2.29. The number of rotatable bonds is 6. The summed E-state index contributed by atoms with van der Waals surface area (Å²) in [5.74, 6) is -0.194. The van der Waals surface area contributed by atoms with Crippen LogP contribution in [0.25, 0.3) is 0 Å². The van der Waals surface area contributed by atoms with Crippen LogP contribution in [0.2, 0.25) is 0 Å². The highest BCUT2D eigenvalue weighted by Gasteiger charge is 2.29. The van der Waals surface area contributed by atoms with E-state index in [1.165, 1.54) is 0 Å². The number of urea groups is 1. The average Bonchev–Trinajstić information content (AvgIpc) is 2.56. The monoisotopic (exact) mass is 333 g/mol. The molecule has 1 saturated heterocycles. The summed E-state index contributed by atoms with van der Waals surface area (Å²) in [5.41, 5.74) is -0.299. The highest BCUT2D eigenvalue weighted by molar-refractivity contribution is 5.95. The van der Waals surface area contributed by atoms with Gasteiger partial charge in [0.25, 0.3) is 0 Å². The van der Waals surface area contributed by atoms with Crippen molar-refractivity contribution in [2.45, 2.75) is 19.4 Å². The number of carbonyl (C=O) groups is 2. The molecule has 0 radical (unpaired) electrons. The lowest BCUT2D eigenvalue weighted by molar-refractivity contribution is -0.126. The maximum Gasteiger partial charge on any atom is 0.320 e. The lowest BCUT2D eigenvalue weighted by Crippen LogP contribution is -2.56. The minimum absolute atomic E-state index is 0.194. The Hall–Kier alpha value is -2.12. The van der Waals surface area contributed by atoms with Gasteiger partial charge in [-0.05, 0) is 26.0 Å². The smallest absolute Gasteiger partial charge is 0.320 e. The molecule has 1 fully saturated rings. The molecular weight excluding hydrogens is 306 g/mol. The van der Waals surface area contributed by atoms with Gasteiger partial charge in [-0.15, -0.1) is 0 Å². The molecule has 24 heavy (non-hydrogen) atoms. The van der Waals surface area contributed by atoms with Gasteiger partial charge in [-0.2, -0.15) is 0 Å². The summed E-state index contributed by atoms with van der Waals surface area (Å²) < 4.78 is 0. The number of amides is 3. The Morgan fingerprint density at radius 2 is 1.83 bits per heavy atom. The zero-order valence-electron chi connectivity index (χ0n) is 14.4. The number of anilines is 1. The van der Waals surface area contributed by atoms with Gasteiger partial charge in [0.1, 0.15) is 5.54 Å². The van der Waals surface area contributed by atoms with Crippen LogP contribution in [0.4, 0.5) is 10.5 Å². The summed E-state index contributed by atoms with van der Waals surface area (Å²) in [6.45, 7) is 8.74. The van der Waals surface area contributed by atoms with E-state index in [-0.39, 0.29) is 5.91 Å². The first-order valence-electron chi connectivity index (χ1n) is 8.33. The average molecular weight is 333 g/mol. The third kappa shape index (κ3) is 5.82. The van der Waals surface area contributed by atoms with Gasteiger partial charge in [0, 0.05) is 45.0 Å². The molecule has 0 saturated carbocycles. The second kappa shape index (κ2) is 8.65. The summed E-state index contributed by atoms with van der Waals surface area (Å²) in [6.07, 6.45) is 0. The van der Waals surface area contributed by atoms with Gasteiger partial charge in [0.2, 0.25) is 5.91 Å². The Balaban J connectivity index is 1.73. The van der Waals surface area contributed by atoms with Crippen molar-refractivity contribution < 1.29 is 9.59 Å². The van der Waals surface area contributed by atoms with Gasteiger partial charge in [0.05, 0.1) is 0 Å². The molecule has 132 valence electrons. The van der Waals surface area contributed by atoms with Crippen LogP contribution in [0.1, 0.15) is 13.8 Å². The molecule has 1 aliphatic heterocycles. The summed E-state index contributed by atoms with van der Waals surface area (Å²) in [7, 11) is 0. The third-order valence-electron chi connectivity index (χ3n) is 3.95. The standard InChI is InChI=1S/C17H27N5O2/c1-17(2,21-16(24)20-14-6-4-3-5-7-14)15(23)19-10-13-22-11-8-18-9-12-22/h3-7,18H,8-13H2,1-2H3,(H,19,23)(H2,20,21,24). The van der Waals surface area contributed by atoms with Crippen LogP contribution >= 0.6 is 0 Å². The van der Waals surface area contributed by atoms with Gasteiger partial charge in [0.15, 0.2) is 0 Å². The van der Waals surface area contributed by atoms with E-state index >= 15 is 0 Å². The maximum absolute atomic E-state index is 12.3. The van der Waals surface area contributed by atoms with Crippen LogP contribution in [0, 0.1) is 0 Å². The Morgan fingerprint density at radius 1 is 1.17 bits per heavy atom. The molecule has 0 spiro atoms. The lowest BCUT2D eigenvalue weighted by atomic mass is 10.1. The van der Waals surface area contributed by atoms with Crippen molar-refractivity contribution in [1.82, 2.24) is 20.9 Å². The number of hydrogen-bond acceptors (Lipinski definition) is 4. The molecule has 0 aromatic heterocycles. The molecule has 0 bridgehead atoms. The number of carbonyl (C=O) groups excluding carboxylic acids is 2. The third-order valence-corrected chi connectivity index (χ3v) is 3.95. The Kier molecular flexibility index (Phi) is 6.57. The molecule has 1 aromatic rings. The van der Waals surface area contributed by atoms with E-state index in [4.69, 9.17) is 0 Å². The topological polar surface area (TPSA) is 85.5 Å². The van der Waals surface area contributed by atoms with Crippen molar-refractivity contribution >= 4 is 17.6 Å². The fourth-order valence-electron chi connectivity index (χ4n) is 2.51. The van der Waals surface area contributed by atoms with Gasteiger partial charge in [-0.25, -0.2) is 4.79 Å². The molecule has 7 nitrogen and oxygen atoms in total. The van der Waals surface area contributed by atoms with Gasteiger partial charge < -0.3 is 21.3 Å². The van der Waals surface area contributed by atoms with Gasteiger partial charge >= 0.3 is 6.03 Å². The highest BCUT2D eigenvalue weighted by atomic mass is 16.2. The summed E-state index contributed by atoms with van der Waals surface area (Å²) in [4.78, 5) is 26.7. The second-order valence-electron chi connectivity index (χ2n) is 6.42. The van der Waals surface area contributed by atoms with Crippen LogP contribution < -0.4 is 21.3 Å². The van der Waals surface area contributed by atoms with E-state index in [1.807, 2.05) is 18.2 Å². The highest BCUT2D eigenvalue weighted by Crippen LogP contribution is 2.07. The number of nitrogens with one attached hydrogen (secondary N) is 4. The molecule has 7 heteroatoms. The van der Waals surface area contributed by atoms with E-state index in [0.29, 0.717) is 12.2 Å². The molecule has 3 amide bonds. The number of piperazine rings is 1. The fraction of sp³-hybridized carbons (Fsp3) is 0.529. The number of para-hydroxylation sites is 1. The summed E-state index contributed by atoms with van der Waals surface area (Å²) in [6, 6.07) is 8.73. The van der Waals surface area contributed by atoms with Crippen molar-refractivity contribution in [2.24, 2.45) is 0 Å². The van der Waals surface area contributed by atoms with Crippen LogP contribution in [-0.4, -0.2) is 61.6 Å². The first-order chi connectivity index (χ1) is 11.5. The molecule has 2 rings (SSSR count). The van der Waals surface area contributed by atoms with Gasteiger partial charge in [-0.3, -0.25) is 9.69 Å². The Morgan fingerprint density at radius 3 is 2.50 bits per heavy atom. The van der Waals surface area contributed by atoms with E-state index in [0.717, 1.165) is 32.7 Å². The van der Waals surface area contributed by atoms with Crippen LogP contribution in [0.15, 0.2) is 30.3 Å². The molecule has 1 aromatic carbocycles. The van der Waals surface area contributed by atoms with Gasteiger partial charge in [-0.1, -0.05) is 18.2 Å².